The van der Waals surface area contributed by atoms with Gasteiger partial charge < -0.3 is 9.84 Å². The molecule has 0 fully saturated rings. The third-order valence-electron chi connectivity index (χ3n) is 2.01. The Labute approximate surface area is 98.0 Å². The summed E-state index contributed by atoms with van der Waals surface area (Å²) in [5, 5.41) is 18.4. The van der Waals surface area contributed by atoms with E-state index >= 15 is 0 Å². The summed E-state index contributed by atoms with van der Waals surface area (Å²) in [6.45, 7) is 1.85. The molecule has 0 spiro atoms. The number of alkyl halides is 1. The fraction of sp³-hybridized carbons (Fsp3) is 0.273. The zero-order chi connectivity index (χ0) is 12.1. The molecule has 1 aromatic carbocycles. The molecule has 0 bridgehead atoms. The molecule has 16 heavy (non-hydrogen) atoms. The molecule has 0 saturated carbocycles. The minimum Gasteiger partial charge on any atom is -0.506 e. The van der Waals surface area contributed by atoms with Gasteiger partial charge >= 0.3 is 5.97 Å². The number of halogens is 1. The average Bonchev–Trinajstić information content (AvgIpc) is 2.28. The summed E-state index contributed by atoms with van der Waals surface area (Å²) < 4.78 is 4.78. The fourth-order valence-electron chi connectivity index (χ4n) is 1.27. The van der Waals surface area contributed by atoms with Crippen LogP contribution in [-0.2, 0) is 10.6 Å². The number of nitriles is 1. The number of aromatic hydroxyl groups is 1. The summed E-state index contributed by atoms with van der Waals surface area (Å²) in [7, 11) is 0. The lowest BCUT2D eigenvalue weighted by Gasteiger charge is -2.09. The van der Waals surface area contributed by atoms with E-state index in [2.05, 4.69) is 0 Å². The van der Waals surface area contributed by atoms with Gasteiger partial charge in [-0.3, -0.25) is 0 Å². The topological polar surface area (TPSA) is 70.3 Å². The summed E-state index contributed by atoms with van der Waals surface area (Å²) in [6, 6.07) is 4.72. The highest BCUT2D eigenvalue weighted by atomic mass is 35.5. The van der Waals surface area contributed by atoms with Crippen LogP contribution in [0.2, 0.25) is 0 Å². The van der Waals surface area contributed by atoms with Crippen LogP contribution in [0.4, 0.5) is 0 Å². The Morgan fingerprint density at radius 2 is 2.31 bits per heavy atom. The molecule has 84 valence electrons. The number of rotatable bonds is 3. The second-order valence-electron chi connectivity index (χ2n) is 2.96. The predicted molar refractivity (Wildman–Crippen MR) is 58.3 cm³/mol. The summed E-state index contributed by atoms with van der Waals surface area (Å²) in [5.74, 6) is -0.986. The van der Waals surface area contributed by atoms with Gasteiger partial charge in [-0.1, -0.05) is 6.07 Å². The number of phenolic OH excluding ortho intramolecular Hbond substituents is 1. The van der Waals surface area contributed by atoms with Crippen LogP contribution in [0.25, 0.3) is 0 Å². The van der Waals surface area contributed by atoms with Gasteiger partial charge in [0.2, 0.25) is 0 Å². The van der Waals surface area contributed by atoms with Crippen LogP contribution in [-0.4, -0.2) is 17.7 Å². The zero-order valence-electron chi connectivity index (χ0n) is 8.66. The van der Waals surface area contributed by atoms with Crippen LogP contribution in [0.1, 0.15) is 28.4 Å². The van der Waals surface area contributed by atoms with Crippen molar-refractivity contribution in [2.24, 2.45) is 0 Å². The first-order valence-electron chi connectivity index (χ1n) is 4.63. The monoisotopic (exact) mass is 239 g/mol. The number of nitrogens with zero attached hydrogens (tertiary/aromatic N) is 1. The van der Waals surface area contributed by atoms with Crippen LogP contribution in [0.5, 0.6) is 5.75 Å². The summed E-state index contributed by atoms with van der Waals surface area (Å²) in [6.07, 6.45) is 0. The highest BCUT2D eigenvalue weighted by Crippen LogP contribution is 2.27. The lowest BCUT2D eigenvalue weighted by molar-refractivity contribution is 0.0522. The van der Waals surface area contributed by atoms with Gasteiger partial charge in [-0.15, -0.1) is 11.6 Å². The van der Waals surface area contributed by atoms with Crippen LogP contribution in [0.3, 0.4) is 0 Å². The average molecular weight is 240 g/mol. The molecular formula is C11H10ClNO3. The van der Waals surface area contributed by atoms with Crippen molar-refractivity contribution in [1.82, 2.24) is 0 Å². The molecule has 1 rings (SSSR count). The molecule has 0 aliphatic heterocycles. The van der Waals surface area contributed by atoms with E-state index in [0.717, 1.165) is 0 Å². The Kier molecular flexibility index (Phi) is 4.15. The highest BCUT2D eigenvalue weighted by Gasteiger charge is 2.19. The Morgan fingerprint density at radius 3 is 2.81 bits per heavy atom. The van der Waals surface area contributed by atoms with E-state index in [0.29, 0.717) is 5.56 Å². The molecule has 1 aromatic rings. The van der Waals surface area contributed by atoms with Crippen molar-refractivity contribution < 1.29 is 14.6 Å². The number of hydrogen-bond acceptors (Lipinski definition) is 4. The summed E-state index contributed by atoms with van der Waals surface area (Å²) >= 11 is 5.64. The summed E-state index contributed by atoms with van der Waals surface area (Å²) in [5.41, 5.74) is 0.435. The smallest absolute Gasteiger partial charge is 0.342 e. The van der Waals surface area contributed by atoms with Crippen LogP contribution in [0.15, 0.2) is 12.1 Å². The maximum atomic E-state index is 11.6. The third kappa shape index (κ3) is 2.26. The molecule has 0 aliphatic carbocycles. The first-order chi connectivity index (χ1) is 7.65. The maximum Gasteiger partial charge on any atom is 0.342 e. The van der Waals surface area contributed by atoms with Crippen molar-refractivity contribution in [2.45, 2.75) is 12.8 Å². The van der Waals surface area contributed by atoms with E-state index in [4.69, 9.17) is 21.6 Å². The lowest BCUT2D eigenvalue weighted by Crippen LogP contribution is -2.08. The number of ether oxygens (including phenoxy) is 1. The third-order valence-corrected chi connectivity index (χ3v) is 2.30. The van der Waals surface area contributed by atoms with Crippen molar-refractivity contribution in [1.29, 1.82) is 5.26 Å². The SMILES string of the molecule is CCOC(=O)c1c(CCl)ccc(C#N)c1O. The molecule has 0 atom stereocenters. The second-order valence-corrected chi connectivity index (χ2v) is 3.23. The number of carbonyl (C=O) groups is 1. The molecule has 0 aromatic heterocycles. The van der Waals surface area contributed by atoms with Gasteiger partial charge in [0.1, 0.15) is 17.4 Å². The van der Waals surface area contributed by atoms with Crippen molar-refractivity contribution in [3.63, 3.8) is 0 Å². The van der Waals surface area contributed by atoms with Crippen LogP contribution >= 0.6 is 11.6 Å². The molecular weight excluding hydrogens is 230 g/mol. The van der Waals surface area contributed by atoms with Gasteiger partial charge in [0, 0.05) is 5.88 Å². The number of phenols is 1. The minimum atomic E-state index is -0.673. The number of esters is 1. The van der Waals surface area contributed by atoms with E-state index < -0.39 is 5.97 Å². The Hall–Kier alpha value is -1.73. The molecule has 0 saturated heterocycles. The van der Waals surface area contributed by atoms with Gasteiger partial charge in [0.05, 0.1) is 12.2 Å². The Balaban J connectivity index is 3.33. The zero-order valence-corrected chi connectivity index (χ0v) is 9.41. The first-order valence-corrected chi connectivity index (χ1v) is 5.17. The van der Waals surface area contributed by atoms with Crippen molar-refractivity contribution in [2.75, 3.05) is 6.61 Å². The Morgan fingerprint density at radius 1 is 1.62 bits per heavy atom. The molecule has 5 heteroatoms. The van der Waals surface area contributed by atoms with E-state index in [-0.39, 0.29) is 29.4 Å². The molecule has 0 aliphatic rings. The first kappa shape index (κ1) is 12.3. The number of carbonyl (C=O) groups excluding carboxylic acids is 1. The van der Waals surface area contributed by atoms with Gasteiger partial charge in [-0.25, -0.2) is 4.79 Å². The largest absolute Gasteiger partial charge is 0.506 e. The van der Waals surface area contributed by atoms with Gasteiger partial charge in [0.15, 0.2) is 0 Å². The molecule has 0 heterocycles. The van der Waals surface area contributed by atoms with Gasteiger partial charge in [0.25, 0.3) is 0 Å². The highest BCUT2D eigenvalue weighted by molar-refractivity contribution is 6.17. The lowest BCUT2D eigenvalue weighted by atomic mass is 10.0. The standard InChI is InChI=1S/C11H10ClNO3/c1-2-16-11(15)9-7(5-12)3-4-8(6-13)10(9)14/h3-4,14H,2,5H2,1H3. The fourth-order valence-corrected chi connectivity index (χ4v) is 1.49. The number of hydrogen-bond donors (Lipinski definition) is 1. The van der Waals surface area contributed by atoms with Crippen molar-refractivity contribution in [3.8, 4) is 11.8 Å². The molecule has 0 unspecified atom stereocenters. The van der Waals surface area contributed by atoms with E-state index in [1.54, 1.807) is 13.0 Å². The predicted octanol–water partition coefficient (Wildman–Crippen LogP) is 2.18. The van der Waals surface area contributed by atoms with Crippen molar-refractivity contribution >= 4 is 17.6 Å². The van der Waals surface area contributed by atoms with Crippen LogP contribution in [0, 0.1) is 11.3 Å². The minimum absolute atomic E-state index is 0.0249. The number of benzene rings is 1. The maximum absolute atomic E-state index is 11.6. The van der Waals surface area contributed by atoms with Gasteiger partial charge in [-0.2, -0.15) is 5.26 Å². The molecule has 0 amide bonds. The van der Waals surface area contributed by atoms with Crippen LogP contribution < -0.4 is 0 Å². The summed E-state index contributed by atoms with van der Waals surface area (Å²) in [4.78, 5) is 11.6. The van der Waals surface area contributed by atoms with E-state index in [1.165, 1.54) is 12.1 Å². The second kappa shape index (κ2) is 5.38. The molecule has 1 N–H and O–H groups in total. The van der Waals surface area contributed by atoms with Gasteiger partial charge in [-0.05, 0) is 18.6 Å². The molecule has 0 radical (unpaired) electrons. The van der Waals surface area contributed by atoms with Crippen molar-refractivity contribution in [3.05, 3.63) is 28.8 Å². The van der Waals surface area contributed by atoms with E-state index in [1.807, 2.05) is 0 Å². The molecule has 4 nitrogen and oxygen atoms in total. The normalized spacial score (nSPS) is 9.56. The Bertz CT molecular complexity index is 451. The quantitative estimate of drug-likeness (QED) is 0.648. The van der Waals surface area contributed by atoms with E-state index in [9.17, 15) is 9.90 Å².